The molecule has 0 bridgehead atoms. The number of hydrogen-bond acceptors (Lipinski definition) is 4. The van der Waals surface area contributed by atoms with Crippen molar-refractivity contribution in [1.29, 1.82) is 0 Å². The molecule has 3 aromatic carbocycles. The minimum atomic E-state index is -0.0319. The van der Waals surface area contributed by atoms with Crippen molar-refractivity contribution in [2.45, 2.75) is 19.9 Å². The second-order valence-corrected chi connectivity index (χ2v) is 7.71. The number of aromatic nitrogens is 2. The van der Waals surface area contributed by atoms with Crippen molar-refractivity contribution in [3.63, 3.8) is 0 Å². The number of H-pyrrole nitrogens is 1. The highest BCUT2D eigenvalue weighted by Crippen LogP contribution is 2.22. The highest BCUT2D eigenvalue weighted by molar-refractivity contribution is 7.71. The third kappa shape index (κ3) is 7.60. The Balaban J connectivity index is 0.000000181. The number of piperazine rings is 1. The Morgan fingerprint density at radius 2 is 1.25 bits per heavy atom. The van der Waals surface area contributed by atoms with E-state index in [0.717, 1.165) is 32.6 Å². The number of benzene rings is 3. The van der Waals surface area contributed by atoms with E-state index in [1.165, 1.54) is 27.6 Å². The summed E-state index contributed by atoms with van der Waals surface area (Å²) in [6, 6.07) is 22.9. The molecule has 0 amide bonds. The number of nitrogens with one attached hydrogen (secondary N) is 3. The number of aromatic amines is 1. The van der Waals surface area contributed by atoms with E-state index < -0.39 is 0 Å². The molecular formula is C25H32N4OS2. The summed E-state index contributed by atoms with van der Waals surface area (Å²) in [6.07, 6.45) is 2.48. The summed E-state index contributed by atoms with van der Waals surface area (Å²) >= 11 is 4.91. The number of hydrogen-bond donors (Lipinski definition) is 3. The van der Waals surface area contributed by atoms with Crippen molar-refractivity contribution in [3.8, 4) is 0 Å². The Bertz CT molecular complexity index is 1070. The molecule has 0 atom stereocenters. The third-order valence-corrected chi connectivity index (χ3v) is 5.30. The third-order valence-electron chi connectivity index (χ3n) is 4.96. The quantitative estimate of drug-likeness (QED) is 0.297. The van der Waals surface area contributed by atoms with Crippen molar-refractivity contribution < 1.29 is 0 Å². The molecule has 5 rings (SSSR count). The highest BCUT2D eigenvalue weighted by Gasteiger charge is 1.95. The predicted octanol–water partition coefficient (Wildman–Crippen LogP) is 4.60. The second-order valence-electron chi connectivity index (χ2n) is 7.32. The number of rotatable bonds is 2. The first-order valence-electron chi connectivity index (χ1n) is 10.8. The maximum absolute atomic E-state index is 11.1. The summed E-state index contributed by atoms with van der Waals surface area (Å²) < 4.78 is 2.05. The lowest BCUT2D eigenvalue weighted by Gasteiger charge is -2.11. The fourth-order valence-corrected chi connectivity index (χ4v) is 3.62. The van der Waals surface area contributed by atoms with Gasteiger partial charge in [-0.1, -0.05) is 55.5 Å². The first kappa shape index (κ1) is 25.8. The number of fused-ring (bicyclic) bond motifs is 2. The van der Waals surface area contributed by atoms with Crippen LogP contribution >= 0.6 is 25.7 Å². The van der Waals surface area contributed by atoms with Crippen LogP contribution in [0, 0.1) is 4.77 Å². The van der Waals surface area contributed by atoms with Crippen molar-refractivity contribution in [1.82, 2.24) is 20.2 Å². The summed E-state index contributed by atoms with van der Waals surface area (Å²) in [7, 11) is 0. The summed E-state index contributed by atoms with van der Waals surface area (Å²) in [5.41, 5.74) is -0.0319. The van der Waals surface area contributed by atoms with E-state index in [0.29, 0.717) is 11.3 Å². The largest absolute Gasteiger partial charge is 0.339 e. The van der Waals surface area contributed by atoms with Gasteiger partial charge < -0.3 is 15.6 Å². The molecule has 7 heteroatoms. The predicted molar refractivity (Wildman–Crippen MR) is 144 cm³/mol. The van der Waals surface area contributed by atoms with Crippen LogP contribution in [0.25, 0.3) is 21.5 Å². The molecular weight excluding hydrogens is 436 g/mol. The maximum atomic E-state index is 11.1. The average Bonchev–Trinajstić information content (AvgIpc) is 2.82. The maximum Gasteiger partial charge on any atom is 0.254 e. The summed E-state index contributed by atoms with van der Waals surface area (Å²) in [5.74, 6) is 0. The van der Waals surface area contributed by atoms with Gasteiger partial charge in [-0.3, -0.25) is 9.36 Å². The van der Waals surface area contributed by atoms with Crippen molar-refractivity contribution >= 4 is 47.3 Å². The van der Waals surface area contributed by atoms with Crippen LogP contribution in [0.3, 0.4) is 0 Å². The Morgan fingerprint density at radius 3 is 1.59 bits per heavy atom. The van der Waals surface area contributed by atoms with Crippen LogP contribution in [-0.2, 0) is 6.54 Å². The molecule has 0 unspecified atom stereocenters. The molecule has 2 heterocycles. The molecule has 170 valence electrons. The van der Waals surface area contributed by atoms with Gasteiger partial charge in [0.2, 0.25) is 0 Å². The van der Waals surface area contributed by atoms with E-state index in [9.17, 15) is 4.79 Å². The van der Waals surface area contributed by atoms with Gasteiger partial charge in [0.1, 0.15) is 0 Å². The van der Waals surface area contributed by atoms with Crippen LogP contribution in [0.5, 0.6) is 0 Å². The van der Waals surface area contributed by atoms with Gasteiger partial charge in [-0.15, -0.1) is 0 Å². The minimum absolute atomic E-state index is 0. The lowest BCUT2D eigenvalue weighted by Crippen LogP contribution is -2.39. The second kappa shape index (κ2) is 13.9. The van der Waals surface area contributed by atoms with Crippen LogP contribution in [0.4, 0.5) is 0 Å². The molecule has 1 saturated heterocycles. The van der Waals surface area contributed by atoms with Gasteiger partial charge >= 0.3 is 0 Å². The van der Waals surface area contributed by atoms with Gasteiger partial charge in [-0.2, -0.15) is 13.5 Å². The van der Waals surface area contributed by atoms with Gasteiger partial charge in [0, 0.05) is 45.0 Å². The Labute approximate surface area is 201 Å². The first-order chi connectivity index (χ1) is 15.2. The summed E-state index contributed by atoms with van der Waals surface area (Å²) in [5, 5.41) is 11.7. The Kier molecular flexibility index (Phi) is 11.2. The molecule has 0 spiro atoms. The average molecular weight is 469 g/mol. The van der Waals surface area contributed by atoms with Crippen LogP contribution < -0.4 is 16.2 Å². The van der Waals surface area contributed by atoms with E-state index in [4.69, 9.17) is 12.2 Å². The minimum Gasteiger partial charge on any atom is -0.339 e. The summed E-state index contributed by atoms with van der Waals surface area (Å²) in [6.45, 7) is 7.25. The molecule has 5 nitrogen and oxygen atoms in total. The van der Waals surface area contributed by atoms with Gasteiger partial charge in [0.25, 0.3) is 5.56 Å². The van der Waals surface area contributed by atoms with Gasteiger partial charge in [-0.05, 0) is 52.3 Å². The fourth-order valence-electron chi connectivity index (χ4n) is 3.37. The van der Waals surface area contributed by atoms with E-state index in [1.54, 1.807) is 10.8 Å². The van der Waals surface area contributed by atoms with Crippen LogP contribution in [0.2, 0.25) is 0 Å². The molecule has 4 aromatic rings. The van der Waals surface area contributed by atoms with Crippen molar-refractivity contribution in [2.75, 3.05) is 26.2 Å². The van der Waals surface area contributed by atoms with Gasteiger partial charge in [-0.25, -0.2) is 0 Å². The smallest absolute Gasteiger partial charge is 0.254 e. The lowest BCUT2D eigenvalue weighted by molar-refractivity contribution is 0.534. The molecule has 1 fully saturated rings. The molecule has 3 N–H and O–H groups in total. The zero-order chi connectivity index (χ0) is 21.9. The van der Waals surface area contributed by atoms with Crippen LogP contribution in [0.15, 0.2) is 77.7 Å². The zero-order valence-electron chi connectivity index (χ0n) is 18.4. The van der Waals surface area contributed by atoms with E-state index in [-0.39, 0.29) is 19.1 Å². The standard InChI is InChI=1S/C14H10.C7H10N2OS.C4H10N2.H2S/c1-2-6-12-10-14-8-4-3-7-13(14)9-11(12)5-1;1-2-5-9-6(10)3-4-8-7(9)11;1-2-6-4-3-5-1;/h1-10H;3-4H,2,5H2,1H3,(H,8,11);5-6H,1-4H2;1H2. The first-order valence-corrected chi connectivity index (χ1v) is 11.2. The van der Waals surface area contributed by atoms with Crippen LogP contribution in [0.1, 0.15) is 13.3 Å². The Hall–Kier alpha value is -2.45. The molecule has 1 aromatic heterocycles. The van der Waals surface area contributed by atoms with E-state index in [1.807, 2.05) is 6.92 Å². The molecule has 1 aliphatic heterocycles. The molecule has 0 radical (unpaired) electrons. The van der Waals surface area contributed by atoms with E-state index >= 15 is 0 Å². The van der Waals surface area contributed by atoms with Crippen molar-refractivity contribution in [2.24, 2.45) is 0 Å². The monoisotopic (exact) mass is 468 g/mol. The van der Waals surface area contributed by atoms with Crippen LogP contribution in [-0.4, -0.2) is 35.7 Å². The van der Waals surface area contributed by atoms with E-state index in [2.05, 4.69) is 76.3 Å². The Morgan fingerprint density at radius 1 is 0.812 bits per heavy atom. The number of nitrogens with zero attached hydrogens (tertiary/aromatic N) is 1. The molecule has 1 aliphatic rings. The molecule has 0 aliphatic carbocycles. The normalized spacial score (nSPS) is 12.7. The SMILES string of the molecule is C1CNCCN1.CCCn1c(=O)cc[nH]c1=S.S.c1ccc2cc3ccccc3cc2c1. The van der Waals surface area contributed by atoms with Crippen molar-refractivity contribution in [3.05, 3.63) is 88.1 Å². The van der Waals surface area contributed by atoms with Gasteiger partial charge in [0.05, 0.1) is 0 Å². The zero-order valence-corrected chi connectivity index (χ0v) is 20.3. The molecule has 0 saturated carbocycles. The lowest BCUT2D eigenvalue weighted by atomic mass is 10.0. The van der Waals surface area contributed by atoms with Gasteiger partial charge in [0.15, 0.2) is 4.77 Å². The highest BCUT2D eigenvalue weighted by atomic mass is 32.1. The molecule has 32 heavy (non-hydrogen) atoms. The fraction of sp³-hybridized carbons (Fsp3) is 0.280. The topological polar surface area (TPSA) is 61.9 Å². The summed E-state index contributed by atoms with van der Waals surface area (Å²) in [4.78, 5) is 13.9.